The van der Waals surface area contributed by atoms with E-state index in [1.165, 1.54) is 0 Å². The third-order valence-electron chi connectivity index (χ3n) is 1.75. The highest BCUT2D eigenvalue weighted by molar-refractivity contribution is 6.13. The van der Waals surface area contributed by atoms with Crippen molar-refractivity contribution in [2.45, 2.75) is 6.42 Å². The summed E-state index contributed by atoms with van der Waals surface area (Å²) in [6.07, 6.45) is 9.95. The van der Waals surface area contributed by atoms with Crippen LogP contribution in [-0.4, -0.2) is 11.6 Å². The second kappa shape index (κ2) is 2.77. The summed E-state index contributed by atoms with van der Waals surface area (Å²) in [5.41, 5.74) is 4.26. The zero-order chi connectivity index (χ0) is 8.39. The van der Waals surface area contributed by atoms with Gasteiger partial charge in [0.25, 0.3) is 0 Å². The van der Waals surface area contributed by atoms with Gasteiger partial charge in [0, 0.05) is 0 Å². The summed E-state index contributed by atoms with van der Waals surface area (Å²) >= 11 is 0. The molecule has 1 aliphatic heterocycles. The monoisotopic (exact) mass is 160 g/mol. The van der Waals surface area contributed by atoms with Gasteiger partial charge in [-0.05, 0) is 11.6 Å². The normalized spacial score (nSPS) is 20.5. The van der Waals surface area contributed by atoms with E-state index in [-0.39, 0.29) is 5.91 Å². The van der Waals surface area contributed by atoms with Crippen molar-refractivity contribution in [1.82, 2.24) is 5.43 Å². The van der Waals surface area contributed by atoms with Gasteiger partial charge in [-0.1, -0.05) is 24.3 Å². The van der Waals surface area contributed by atoms with E-state index in [0.717, 1.165) is 11.3 Å². The molecule has 12 heavy (non-hydrogen) atoms. The lowest BCUT2D eigenvalue weighted by atomic mass is 10.1. The van der Waals surface area contributed by atoms with Crippen molar-refractivity contribution < 1.29 is 4.79 Å². The number of carbonyl (C=O) groups excluding carboxylic acids is 1. The summed E-state index contributed by atoms with van der Waals surface area (Å²) in [5, 5.41) is 3.91. The van der Waals surface area contributed by atoms with E-state index in [9.17, 15) is 4.79 Å². The molecule has 0 atom stereocenters. The van der Waals surface area contributed by atoms with Crippen molar-refractivity contribution in [2.24, 2.45) is 5.10 Å². The van der Waals surface area contributed by atoms with Crippen LogP contribution >= 0.6 is 0 Å². The molecule has 1 amide bonds. The van der Waals surface area contributed by atoms with Crippen LogP contribution in [0.2, 0.25) is 0 Å². The van der Waals surface area contributed by atoms with Gasteiger partial charge in [-0.15, -0.1) is 0 Å². The Morgan fingerprint density at radius 1 is 1.33 bits per heavy atom. The lowest BCUT2D eigenvalue weighted by Crippen LogP contribution is -2.26. The minimum atomic E-state index is -0.0475. The fourth-order valence-electron chi connectivity index (χ4n) is 1.17. The van der Waals surface area contributed by atoms with Crippen LogP contribution in [0.4, 0.5) is 0 Å². The third kappa shape index (κ3) is 1.21. The molecule has 0 bridgehead atoms. The highest BCUT2D eigenvalue weighted by atomic mass is 16.2. The summed E-state index contributed by atoms with van der Waals surface area (Å²) in [5.74, 6) is -0.0475. The summed E-state index contributed by atoms with van der Waals surface area (Å²) in [4.78, 5) is 10.9. The number of nitrogens with zero attached hydrogens (tertiary/aromatic N) is 1. The van der Waals surface area contributed by atoms with Crippen LogP contribution < -0.4 is 5.43 Å². The molecule has 0 spiro atoms. The molecule has 0 aromatic rings. The zero-order valence-electron chi connectivity index (χ0n) is 6.45. The Kier molecular flexibility index (Phi) is 1.63. The highest BCUT2D eigenvalue weighted by Gasteiger charge is 2.14. The van der Waals surface area contributed by atoms with E-state index >= 15 is 0 Å². The molecule has 0 aromatic carbocycles. The third-order valence-corrected chi connectivity index (χ3v) is 1.75. The number of hydrogen-bond donors (Lipinski definition) is 1. The maximum atomic E-state index is 10.9. The molecule has 1 heterocycles. The molecule has 0 unspecified atom stereocenters. The summed E-state index contributed by atoms with van der Waals surface area (Å²) in [6.45, 7) is 0. The molecule has 0 saturated carbocycles. The first-order valence-electron chi connectivity index (χ1n) is 3.77. The summed E-state index contributed by atoms with van der Waals surface area (Å²) in [6, 6.07) is 0. The predicted molar refractivity (Wildman–Crippen MR) is 46.6 cm³/mol. The Morgan fingerprint density at radius 3 is 3.17 bits per heavy atom. The molecule has 0 fully saturated rings. The van der Waals surface area contributed by atoms with Gasteiger partial charge in [-0.25, -0.2) is 5.43 Å². The molecule has 3 heteroatoms. The second-order valence-corrected chi connectivity index (χ2v) is 2.64. The molecule has 2 aliphatic rings. The number of hydrazone groups is 1. The van der Waals surface area contributed by atoms with E-state index in [0.29, 0.717) is 6.42 Å². The zero-order valence-corrected chi connectivity index (χ0v) is 6.45. The van der Waals surface area contributed by atoms with Crippen molar-refractivity contribution in [1.29, 1.82) is 0 Å². The van der Waals surface area contributed by atoms with Crippen molar-refractivity contribution >= 4 is 11.6 Å². The Balaban J connectivity index is 2.41. The first-order valence-corrected chi connectivity index (χ1v) is 3.77. The lowest BCUT2D eigenvalue weighted by molar-refractivity contribution is -0.120. The minimum absolute atomic E-state index is 0.0475. The maximum absolute atomic E-state index is 10.9. The van der Waals surface area contributed by atoms with Crippen LogP contribution in [-0.2, 0) is 4.79 Å². The first kappa shape index (κ1) is 7.03. The number of rotatable bonds is 0. The van der Waals surface area contributed by atoms with E-state index in [1.54, 1.807) is 0 Å². The van der Waals surface area contributed by atoms with Crippen molar-refractivity contribution in [3.05, 3.63) is 36.0 Å². The molecular weight excluding hydrogens is 152 g/mol. The van der Waals surface area contributed by atoms with E-state index < -0.39 is 0 Å². The lowest BCUT2D eigenvalue weighted by Gasteiger charge is -2.11. The van der Waals surface area contributed by atoms with Crippen LogP contribution in [0.5, 0.6) is 0 Å². The van der Waals surface area contributed by atoms with Gasteiger partial charge in [0.05, 0.1) is 12.1 Å². The van der Waals surface area contributed by atoms with Crippen LogP contribution in [0.25, 0.3) is 0 Å². The average Bonchev–Trinajstić information content (AvgIpc) is 2.28. The fraction of sp³-hybridized carbons (Fsp3) is 0.111. The minimum Gasteiger partial charge on any atom is -0.273 e. The summed E-state index contributed by atoms with van der Waals surface area (Å²) in [7, 11) is 0. The molecule has 1 N–H and O–H groups in total. The molecule has 60 valence electrons. The van der Waals surface area contributed by atoms with Crippen molar-refractivity contribution in [3.63, 3.8) is 0 Å². The molecular formula is C9H8N2O. The van der Waals surface area contributed by atoms with Crippen molar-refractivity contribution in [2.75, 3.05) is 0 Å². The van der Waals surface area contributed by atoms with E-state index in [2.05, 4.69) is 10.5 Å². The van der Waals surface area contributed by atoms with Crippen LogP contribution in [0.15, 0.2) is 41.1 Å². The van der Waals surface area contributed by atoms with Gasteiger partial charge in [0.1, 0.15) is 0 Å². The standard InChI is InChI=1S/C9H8N2O/c12-9-6-7-4-2-1-3-5-8(7)10-11-9/h1-5H,6H2,(H,11,12). The predicted octanol–water partition coefficient (Wildman–Crippen LogP) is 0.915. The van der Waals surface area contributed by atoms with Gasteiger partial charge < -0.3 is 0 Å². The molecule has 2 rings (SSSR count). The van der Waals surface area contributed by atoms with Crippen LogP contribution in [0.1, 0.15) is 6.42 Å². The van der Waals surface area contributed by atoms with Crippen LogP contribution in [0, 0.1) is 0 Å². The SMILES string of the molecule is O=C1CC2=CC=CC=CC2=NN1. The largest absolute Gasteiger partial charge is 0.273 e. The van der Waals surface area contributed by atoms with Gasteiger partial charge in [-0.2, -0.15) is 5.10 Å². The van der Waals surface area contributed by atoms with Gasteiger partial charge in [0.15, 0.2) is 0 Å². The van der Waals surface area contributed by atoms with Gasteiger partial charge in [0.2, 0.25) is 5.91 Å². The number of amides is 1. The Bertz CT molecular complexity index is 334. The topological polar surface area (TPSA) is 41.5 Å². The fourth-order valence-corrected chi connectivity index (χ4v) is 1.17. The Hall–Kier alpha value is -1.64. The van der Waals surface area contributed by atoms with Crippen LogP contribution in [0.3, 0.4) is 0 Å². The molecule has 3 nitrogen and oxygen atoms in total. The van der Waals surface area contributed by atoms with Crippen molar-refractivity contribution in [3.8, 4) is 0 Å². The highest BCUT2D eigenvalue weighted by Crippen LogP contribution is 2.12. The molecule has 1 aliphatic carbocycles. The average molecular weight is 160 g/mol. The molecule has 0 aromatic heterocycles. The van der Waals surface area contributed by atoms with Gasteiger partial charge in [-0.3, -0.25) is 4.79 Å². The number of hydrogen-bond acceptors (Lipinski definition) is 2. The second-order valence-electron chi connectivity index (χ2n) is 2.64. The number of nitrogens with one attached hydrogen (secondary N) is 1. The molecule has 0 saturated heterocycles. The number of allylic oxidation sites excluding steroid dienone is 5. The maximum Gasteiger partial charge on any atom is 0.244 e. The van der Waals surface area contributed by atoms with Gasteiger partial charge >= 0.3 is 0 Å². The first-order chi connectivity index (χ1) is 5.86. The quantitative estimate of drug-likeness (QED) is 0.562. The van der Waals surface area contributed by atoms with E-state index in [4.69, 9.17) is 0 Å². The number of carbonyl (C=O) groups is 1. The number of fused-ring (bicyclic) bond motifs is 1. The Morgan fingerprint density at radius 2 is 2.25 bits per heavy atom. The van der Waals surface area contributed by atoms with E-state index in [1.807, 2.05) is 30.4 Å². The smallest absolute Gasteiger partial charge is 0.244 e. The summed E-state index contributed by atoms with van der Waals surface area (Å²) < 4.78 is 0. The molecule has 0 radical (unpaired) electrons. The Labute approximate surface area is 70.2 Å².